The van der Waals surface area contributed by atoms with E-state index in [0.717, 1.165) is 19.5 Å². The van der Waals surface area contributed by atoms with Crippen molar-refractivity contribution < 1.29 is 5.11 Å². The Morgan fingerprint density at radius 1 is 1.35 bits per heavy atom. The van der Waals surface area contributed by atoms with Crippen molar-refractivity contribution in [3.05, 3.63) is 35.4 Å². The average molecular weight is 233 g/mol. The number of hydrogen-bond acceptors (Lipinski definition) is 2. The topological polar surface area (TPSA) is 23.5 Å². The molecule has 1 aromatic carbocycles. The van der Waals surface area contributed by atoms with Crippen molar-refractivity contribution in [3.63, 3.8) is 0 Å². The first-order chi connectivity index (χ1) is 8.09. The van der Waals surface area contributed by atoms with Crippen molar-refractivity contribution in [2.24, 2.45) is 5.92 Å². The van der Waals surface area contributed by atoms with Gasteiger partial charge in [0.15, 0.2) is 0 Å². The lowest BCUT2D eigenvalue weighted by atomic mass is 9.93. The molecular weight excluding hydrogens is 210 g/mol. The molecule has 3 atom stereocenters. The molecule has 3 unspecified atom stereocenters. The molecule has 0 spiro atoms. The van der Waals surface area contributed by atoms with Crippen molar-refractivity contribution >= 4 is 0 Å². The number of hydrogen-bond donors (Lipinski definition) is 1. The Hall–Kier alpha value is -0.860. The lowest BCUT2D eigenvalue weighted by molar-refractivity contribution is 0.0128. The number of aliphatic hydroxyl groups is 1. The lowest BCUT2D eigenvalue weighted by Crippen LogP contribution is -2.43. The Kier molecular flexibility index (Phi) is 3.85. The van der Waals surface area contributed by atoms with Crippen LogP contribution >= 0.6 is 0 Å². The van der Waals surface area contributed by atoms with E-state index in [1.54, 1.807) is 0 Å². The van der Waals surface area contributed by atoms with E-state index in [2.05, 4.69) is 49.9 Å². The van der Waals surface area contributed by atoms with E-state index in [1.165, 1.54) is 11.1 Å². The van der Waals surface area contributed by atoms with Gasteiger partial charge in [-0.3, -0.25) is 4.90 Å². The van der Waals surface area contributed by atoms with Gasteiger partial charge in [-0.2, -0.15) is 0 Å². The van der Waals surface area contributed by atoms with Crippen LogP contribution in [-0.2, 0) is 0 Å². The zero-order valence-electron chi connectivity index (χ0n) is 11.1. The number of likely N-dealkylation sites (tertiary alicyclic amines) is 1. The molecule has 1 saturated heterocycles. The van der Waals surface area contributed by atoms with Crippen molar-refractivity contribution in [1.82, 2.24) is 4.90 Å². The third-order valence-corrected chi connectivity index (χ3v) is 4.14. The SMILES string of the molecule is Cc1ccccc1C(C)N1CCC(C)C(O)C1. The summed E-state index contributed by atoms with van der Waals surface area (Å²) in [5.74, 6) is 0.440. The highest BCUT2D eigenvalue weighted by Crippen LogP contribution is 2.28. The molecule has 17 heavy (non-hydrogen) atoms. The predicted octanol–water partition coefficient (Wildman–Crippen LogP) is 2.76. The molecule has 1 fully saturated rings. The van der Waals surface area contributed by atoms with Crippen LogP contribution in [0.4, 0.5) is 0 Å². The molecule has 1 aliphatic heterocycles. The summed E-state index contributed by atoms with van der Waals surface area (Å²) in [5, 5.41) is 9.97. The fourth-order valence-electron chi connectivity index (χ4n) is 2.68. The molecule has 1 aromatic rings. The maximum Gasteiger partial charge on any atom is 0.0693 e. The van der Waals surface area contributed by atoms with Gasteiger partial charge in [0.05, 0.1) is 6.10 Å². The zero-order chi connectivity index (χ0) is 12.4. The van der Waals surface area contributed by atoms with Gasteiger partial charge in [-0.1, -0.05) is 31.2 Å². The summed E-state index contributed by atoms with van der Waals surface area (Å²) in [6.45, 7) is 8.44. The molecule has 0 bridgehead atoms. The normalized spacial score (nSPS) is 28.0. The van der Waals surface area contributed by atoms with Gasteiger partial charge in [-0.05, 0) is 43.9 Å². The smallest absolute Gasteiger partial charge is 0.0693 e. The Morgan fingerprint density at radius 3 is 2.71 bits per heavy atom. The van der Waals surface area contributed by atoms with E-state index in [4.69, 9.17) is 0 Å². The van der Waals surface area contributed by atoms with Crippen LogP contribution in [0.2, 0.25) is 0 Å². The van der Waals surface area contributed by atoms with Gasteiger partial charge in [0.1, 0.15) is 0 Å². The van der Waals surface area contributed by atoms with Crippen LogP contribution in [0.1, 0.15) is 37.4 Å². The summed E-state index contributed by atoms with van der Waals surface area (Å²) in [6, 6.07) is 8.94. The van der Waals surface area contributed by atoms with Crippen molar-refractivity contribution in [2.45, 2.75) is 39.3 Å². The first-order valence-corrected chi connectivity index (χ1v) is 6.57. The average Bonchev–Trinajstić information content (AvgIpc) is 2.32. The zero-order valence-corrected chi connectivity index (χ0v) is 11.1. The van der Waals surface area contributed by atoms with Crippen LogP contribution in [0, 0.1) is 12.8 Å². The molecule has 0 radical (unpaired) electrons. The van der Waals surface area contributed by atoms with Crippen molar-refractivity contribution in [1.29, 1.82) is 0 Å². The quantitative estimate of drug-likeness (QED) is 0.849. The summed E-state index contributed by atoms with van der Waals surface area (Å²) in [5.41, 5.74) is 2.72. The predicted molar refractivity (Wildman–Crippen MR) is 71.0 cm³/mol. The van der Waals surface area contributed by atoms with Gasteiger partial charge in [0.25, 0.3) is 0 Å². The van der Waals surface area contributed by atoms with E-state index in [-0.39, 0.29) is 6.10 Å². The number of benzene rings is 1. The van der Waals surface area contributed by atoms with Crippen LogP contribution in [0.5, 0.6) is 0 Å². The maximum atomic E-state index is 9.97. The molecule has 1 aliphatic rings. The molecule has 2 heteroatoms. The first-order valence-electron chi connectivity index (χ1n) is 6.57. The Bertz CT molecular complexity index is 377. The van der Waals surface area contributed by atoms with E-state index in [1.807, 2.05) is 0 Å². The second kappa shape index (κ2) is 5.19. The third kappa shape index (κ3) is 2.70. The second-order valence-electron chi connectivity index (χ2n) is 5.36. The molecule has 0 aromatic heterocycles. The van der Waals surface area contributed by atoms with Crippen molar-refractivity contribution in [2.75, 3.05) is 13.1 Å². The maximum absolute atomic E-state index is 9.97. The molecule has 0 amide bonds. The van der Waals surface area contributed by atoms with Gasteiger partial charge in [0.2, 0.25) is 0 Å². The number of nitrogens with zero attached hydrogens (tertiary/aromatic N) is 1. The highest BCUT2D eigenvalue weighted by atomic mass is 16.3. The molecule has 0 aliphatic carbocycles. The minimum Gasteiger partial charge on any atom is -0.392 e. The fraction of sp³-hybridized carbons (Fsp3) is 0.600. The summed E-state index contributed by atoms with van der Waals surface area (Å²) < 4.78 is 0. The number of piperidine rings is 1. The molecule has 1 N–H and O–H groups in total. The minimum atomic E-state index is -0.171. The van der Waals surface area contributed by atoms with Crippen LogP contribution < -0.4 is 0 Å². The summed E-state index contributed by atoms with van der Waals surface area (Å²) in [6.07, 6.45) is 0.924. The number of aliphatic hydroxyl groups excluding tert-OH is 1. The van der Waals surface area contributed by atoms with Gasteiger partial charge < -0.3 is 5.11 Å². The van der Waals surface area contributed by atoms with E-state index >= 15 is 0 Å². The first kappa shape index (κ1) is 12.6. The Labute approximate surface area is 104 Å². The van der Waals surface area contributed by atoms with Crippen molar-refractivity contribution in [3.8, 4) is 0 Å². The highest BCUT2D eigenvalue weighted by Gasteiger charge is 2.27. The molecular formula is C15H23NO. The summed E-state index contributed by atoms with van der Waals surface area (Å²) in [4.78, 5) is 2.40. The summed E-state index contributed by atoms with van der Waals surface area (Å²) >= 11 is 0. The van der Waals surface area contributed by atoms with E-state index in [9.17, 15) is 5.11 Å². The van der Waals surface area contributed by atoms with Gasteiger partial charge in [-0.15, -0.1) is 0 Å². The monoisotopic (exact) mass is 233 g/mol. The van der Waals surface area contributed by atoms with Crippen LogP contribution in [-0.4, -0.2) is 29.2 Å². The van der Waals surface area contributed by atoms with E-state index < -0.39 is 0 Å². The number of rotatable bonds is 2. The standard InChI is InChI=1S/C15H23NO/c1-11-6-4-5-7-14(11)13(3)16-9-8-12(2)15(17)10-16/h4-7,12-13,15,17H,8-10H2,1-3H3. The summed E-state index contributed by atoms with van der Waals surface area (Å²) in [7, 11) is 0. The molecule has 2 nitrogen and oxygen atoms in total. The van der Waals surface area contributed by atoms with Gasteiger partial charge >= 0.3 is 0 Å². The van der Waals surface area contributed by atoms with Crippen LogP contribution in [0.3, 0.4) is 0 Å². The number of β-amino-alcohol motifs (C(OH)–C–C–N with tert-alkyl or cyclic N) is 1. The second-order valence-corrected chi connectivity index (χ2v) is 5.36. The Morgan fingerprint density at radius 2 is 2.06 bits per heavy atom. The molecule has 1 heterocycles. The molecule has 2 rings (SSSR count). The van der Waals surface area contributed by atoms with Gasteiger partial charge in [0, 0.05) is 12.6 Å². The highest BCUT2D eigenvalue weighted by molar-refractivity contribution is 5.28. The Balaban J connectivity index is 2.10. The minimum absolute atomic E-state index is 0.171. The van der Waals surface area contributed by atoms with Gasteiger partial charge in [-0.25, -0.2) is 0 Å². The molecule has 94 valence electrons. The largest absolute Gasteiger partial charge is 0.392 e. The molecule has 0 saturated carbocycles. The number of aryl methyl sites for hydroxylation is 1. The fourth-order valence-corrected chi connectivity index (χ4v) is 2.68. The lowest BCUT2D eigenvalue weighted by Gasteiger charge is -2.38. The van der Waals surface area contributed by atoms with E-state index in [0.29, 0.717) is 12.0 Å². The third-order valence-electron chi connectivity index (χ3n) is 4.14. The van der Waals surface area contributed by atoms with Crippen LogP contribution in [0.15, 0.2) is 24.3 Å². The van der Waals surface area contributed by atoms with Crippen LogP contribution in [0.25, 0.3) is 0 Å².